The maximum absolute atomic E-state index is 12.7. The van der Waals surface area contributed by atoms with Crippen LogP contribution in [0.5, 0.6) is 11.5 Å². The summed E-state index contributed by atoms with van der Waals surface area (Å²) in [5.41, 5.74) is 4.52. The second kappa shape index (κ2) is 8.95. The van der Waals surface area contributed by atoms with Crippen LogP contribution in [0, 0.1) is 0 Å². The van der Waals surface area contributed by atoms with Crippen LogP contribution in [0.25, 0.3) is 0 Å². The summed E-state index contributed by atoms with van der Waals surface area (Å²) >= 11 is 7.59. The van der Waals surface area contributed by atoms with Crippen molar-refractivity contribution in [2.24, 2.45) is 0 Å². The van der Waals surface area contributed by atoms with Gasteiger partial charge in [0.05, 0.1) is 29.7 Å². The maximum Gasteiger partial charge on any atom is 0.255 e. The molecule has 0 saturated carbocycles. The summed E-state index contributed by atoms with van der Waals surface area (Å²) < 4.78 is 11.1. The number of thiazole rings is 1. The number of halogens is 1. The molecule has 8 heteroatoms. The van der Waals surface area contributed by atoms with Crippen molar-refractivity contribution >= 4 is 40.2 Å². The summed E-state index contributed by atoms with van der Waals surface area (Å²) in [6.07, 6.45) is 0. The number of amides is 1. The van der Waals surface area contributed by atoms with Crippen molar-refractivity contribution in [1.29, 1.82) is 0 Å². The van der Waals surface area contributed by atoms with Gasteiger partial charge in [0.1, 0.15) is 6.61 Å². The molecule has 0 radical (unpaired) electrons. The van der Waals surface area contributed by atoms with Gasteiger partial charge < -0.3 is 19.7 Å². The van der Waals surface area contributed by atoms with Crippen molar-refractivity contribution in [3.05, 3.63) is 63.6 Å². The van der Waals surface area contributed by atoms with Crippen LogP contribution in [-0.2, 0) is 6.61 Å². The first-order chi connectivity index (χ1) is 13.5. The quantitative estimate of drug-likeness (QED) is 0.603. The fourth-order valence-electron chi connectivity index (χ4n) is 2.58. The highest BCUT2D eigenvalue weighted by Gasteiger charge is 2.14. The molecule has 0 aliphatic heterocycles. The van der Waals surface area contributed by atoms with Crippen LogP contribution < -0.4 is 19.7 Å². The topological polar surface area (TPSA) is 63.7 Å². The molecule has 3 rings (SSSR count). The number of carbonyl (C=O) groups is 1. The molecular weight excluding hydrogens is 398 g/mol. The van der Waals surface area contributed by atoms with Crippen molar-refractivity contribution in [2.45, 2.75) is 6.61 Å². The number of hydrogen-bond acceptors (Lipinski definition) is 6. The van der Waals surface area contributed by atoms with Gasteiger partial charge in [0.2, 0.25) is 0 Å². The van der Waals surface area contributed by atoms with Gasteiger partial charge in [0.15, 0.2) is 11.5 Å². The average molecular weight is 418 g/mol. The molecule has 0 aliphatic carbocycles. The molecule has 0 bridgehead atoms. The Morgan fingerprint density at radius 1 is 1.21 bits per heavy atom. The van der Waals surface area contributed by atoms with E-state index in [0.29, 0.717) is 34.4 Å². The van der Waals surface area contributed by atoms with Crippen LogP contribution in [-0.4, -0.2) is 32.1 Å². The monoisotopic (exact) mass is 417 g/mol. The van der Waals surface area contributed by atoms with Crippen LogP contribution in [0.3, 0.4) is 0 Å². The molecule has 0 spiro atoms. The lowest BCUT2D eigenvalue weighted by Gasteiger charge is -2.18. The SMILES string of the molecule is COc1cc(C(=O)Nc2cc(Cl)ccc2N(C)C)ccc1OCc1cscn1. The Bertz CT molecular complexity index is 961. The summed E-state index contributed by atoms with van der Waals surface area (Å²) in [7, 11) is 5.33. The van der Waals surface area contributed by atoms with Crippen LogP contribution in [0.2, 0.25) is 5.02 Å². The van der Waals surface area contributed by atoms with E-state index in [2.05, 4.69) is 10.3 Å². The van der Waals surface area contributed by atoms with Crippen LogP contribution in [0.4, 0.5) is 11.4 Å². The molecule has 28 heavy (non-hydrogen) atoms. The van der Waals surface area contributed by atoms with Crippen molar-refractivity contribution in [3.63, 3.8) is 0 Å². The Kier molecular flexibility index (Phi) is 6.38. The Labute approximate surface area is 172 Å². The lowest BCUT2D eigenvalue weighted by molar-refractivity contribution is 0.102. The number of anilines is 2. The third-order valence-electron chi connectivity index (χ3n) is 3.97. The molecule has 0 saturated heterocycles. The van der Waals surface area contributed by atoms with E-state index in [9.17, 15) is 4.79 Å². The number of carbonyl (C=O) groups excluding carboxylic acids is 1. The highest BCUT2D eigenvalue weighted by molar-refractivity contribution is 7.07. The lowest BCUT2D eigenvalue weighted by Crippen LogP contribution is -2.17. The minimum atomic E-state index is -0.269. The molecule has 0 aliphatic rings. The highest BCUT2D eigenvalue weighted by atomic mass is 35.5. The molecule has 2 aromatic carbocycles. The van der Waals surface area contributed by atoms with E-state index >= 15 is 0 Å². The van der Waals surface area contributed by atoms with E-state index in [1.54, 1.807) is 35.8 Å². The van der Waals surface area contributed by atoms with E-state index in [1.165, 1.54) is 18.4 Å². The number of ether oxygens (including phenoxy) is 2. The predicted molar refractivity (Wildman–Crippen MR) is 113 cm³/mol. The van der Waals surface area contributed by atoms with Crippen molar-refractivity contribution in [1.82, 2.24) is 4.98 Å². The molecular formula is C20H20ClN3O3S. The smallest absolute Gasteiger partial charge is 0.255 e. The molecule has 1 amide bonds. The van der Waals surface area contributed by atoms with Gasteiger partial charge in [-0.2, -0.15) is 0 Å². The second-order valence-electron chi connectivity index (χ2n) is 6.14. The molecule has 146 valence electrons. The van der Waals surface area contributed by atoms with Gasteiger partial charge in [-0.3, -0.25) is 4.79 Å². The first-order valence-corrected chi connectivity index (χ1v) is 9.76. The summed E-state index contributed by atoms with van der Waals surface area (Å²) in [4.78, 5) is 18.8. The van der Waals surface area contributed by atoms with Gasteiger partial charge in [0.25, 0.3) is 5.91 Å². The van der Waals surface area contributed by atoms with E-state index in [0.717, 1.165) is 11.4 Å². The predicted octanol–water partition coefficient (Wildman–Crippen LogP) is 4.70. The molecule has 6 nitrogen and oxygen atoms in total. The number of methoxy groups -OCH3 is 1. The zero-order valence-corrected chi connectivity index (χ0v) is 17.3. The zero-order valence-electron chi connectivity index (χ0n) is 15.7. The Morgan fingerprint density at radius 2 is 2.04 bits per heavy atom. The number of rotatable bonds is 7. The third-order valence-corrected chi connectivity index (χ3v) is 4.84. The number of benzene rings is 2. The highest BCUT2D eigenvalue weighted by Crippen LogP contribution is 2.31. The number of aromatic nitrogens is 1. The Balaban J connectivity index is 1.78. The summed E-state index contributed by atoms with van der Waals surface area (Å²) in [6, 6.07) is 10.4. The van der Waals surface area contributed by atoms with Gasteiger partial charge in [0, 0.05) is 30.1 Å². The van der Waals surface area contributed by atoms with Crippen LogP contribution in [0.15, 0.2) is 47.3 Å². The first kappa shape index (κ1) is 20.0. The van der Waals surface area contributed by atoms with Crippen LogP contribution in [0.1, 0.15) is 16.1 Å². The van der Waals surface area contributed by atoms with Crippen LogP contribution >= 0.6 is 22.9 Å². The first-order valence-electron chi connectivity index (χ1n) is 8.44. The van der Waals surface area contributed by atoms with Crippen molar-refractivity contribution in [3.8, 4) is 11.5 Å². The van der Waals surface area contributed by atoms with Gasteiger partial charge in [-0.15, -0.1) is 11.3 Å². The van der Waals surface area contributed by atoms with E-state index in [1.807, 2.05) is 30.4 Å². The fraction of sp³-hybridized carbons (Fsp3) is 0.200. The molecule has 0 unspecified atom stereocenters. The number of hydrogen-bond donors (Lipinski definition) is 1. The molecule has 3 aromatic rings. The Hall–Kier alpha value is -2.77. The summed E-state index contributed by atoms with van der Waals surface area (Å²) in [5.74, 6) is 0.750. The summed E-state index contributed by atoms with van der Waals surface area (Å²) in [6.45, 7) is 0.333. The largest absolute Gasteiger partial charge is 0.493 e. The van der Waals surface area contributed by atoms with Gasteiger partial charge in [-0.05, 0) is 36.4 Å². The van der Waals surface area contributed by atoms with Gasteiger partial charge >= 0.3 is 0 Å². The Morgan fingerprint density at radius 3 is 2.71 bits per heavy atom. The number of nitrogens with zero attached hydrogens (tertiary/aromatic N) is 2. The standard InChI is InChI=1S/C20H20ClN3O3S/c1-24(2)17-6-5-14(21)9-16(17)23-20(25)13-4-7-18(19(8-13)26-3)27-10-15-11-28-12-22-15/h4-9,11-12H,10H2,1-3H3,(H,23,25). The summed E-state index contributed by atoms with van der Waals surface area (Å²) in [5, 5.41) is 5.37. The number of nitrogens with one attached hydrogen (secondary N) is 1. The average Bonchev–Trinajstić information content (AvgIpc) is 3.19. The molecule has 0 fully saturated rings. The molecule has 1 N–H and O–H groups in total. The van der Waals surface area contributed by atoms with Crippen molar-refractivity contribution in [2.75, 3.05) is 31.4 Å². The maximum atomic E-state index is 12.7. The van der Waals surface area contributed by atoms with Crippen molar-refractivity contribution < 1.29 is 14.3 Å². The zero-order chi connectivity index (χ0) is 20.1. The second-order valence-corrected chi connectivity index (χ2v) is 7.30. The lowest BCUT2D eigenvalue weighted by atomic mass is 10.1. The minimum Gasteiger partial charge on any atom is -0.493 e. The van der Waals surface area contributed by atoms with Gasteiger partial charge in [-0.25, -0.2) is 4.98 Å². The van der Waals surface area contributed by atoms with E-state index in [-0.39, 0.29) is 5.91 Å². The normalized spacial score (nSPS) is 10.4. The minimum absolute atomic E-state index is 0.269. The third kappa shape index (κ3) is 4.74. The van der Waals surface area contributed by atoms with E-state index in [4.69, 9.17) is 21.1 Å². The fourth-order valence-corrected chi connectivity index (χ4v) is 3.30. The van der Waals surface area contributed by atoms with Gasteiger partial charge in [-0.1, -0.05) is 11.6 Å². The van der Waals surface area contributed by atoms with E-state index < -0.39 is 0 Å². The molecule has 1 aromatic heterocycles. The molecule has 1 heterocycles. The molecule has 0 atom stereocenters.